The number of carboxylic acids is 1. The number of amides is 1. The molecule has 5 nitrogen and oxygen atoms in total. The summed E-state index contributed by atoms with van der Waals surface area (Å²) in [6.07, 6.45) is 2.76. The van der Waals surface area contributed by atoms with E-state index in [1.54, 1.807) is 12.1 Å². The van der Waals surface area contributed by atoms with Crippen molar-refractivity contribution in [1.82, 2.24) is 4.90 Å². The van der Waals surface area contributed by atoms with Crippen molar-refractivity contribution in [3.8, 4) is 5.75 Å². The minimum Gasteiger partial charge on any atom is -0.494 e. The number of hydrogen-bond donors (Lipinski definition) is 1. The molecule has 0 aliphatic carbocycles. The topological polar surface area (TPSA) is 66.8 Å². The smallest absolute Gasteiger partial charge is 0.303 e. The monoisotopic (exact) mass is 305 g/mol. The lowest BCUT2D eigenvalue weighted by molar-refractivity contribution is -0.137. The predicted molar refractivity (Wildman–Crippen MR) is 83.1 cm³/mol. The maximum Gasteiger partial charge on any atom is 0.303 e. The summed E-state index contributed by atoms with van der Waals surface area (Å²) in [6, 6.07) is 7.19. The highest BCUT2D eigenvalue weighted by Gasteiger charge is 2.24. The first-order valence-corrected chi connectivity index (χ1v) is 7.84. The summed E-state index contributed by atoms with van der Waals surface area (Å²) in [5, 5.41) is 8.77. The summed E-state index contributed by atoms with van der Waals surface area (Å²) < 4.78 is 5.38. The molecule has 1 aliphatic heterocycles. The minimum atomic E-state index is -0.769. The highest BCUT2D eigenvalue weighted by Crippen LogP contribution is 2.23. The number of benzene rings is 1. The minimum absolute atomic E-state index is 0.0167. The van der Waals surface area contributed by atoms with E-state index in [4.69, 9.17) is 9.84 Å². The molecule has 0 aromatic heterocycles. The maximum absolute atomic E-state index is 12.5. The van der Waals surface area contributed by atoms with Gasteiger partial charge in [-0.15, -0.1) is 0 Å². The van der Waals surface area contributed by atoms with Crippen LogP contribution in [0.3, 0.4) is 0 Å². The number of likely N-dealkylation sites (tertiary alicyclic amines) is 1. The van der Waals surface area contributed by atoms with Crippen molar-refractivity contribution in [1.29, 1.82) is 0 Å². The van der Waals surface area contributed by atoms with Crippen LogP contribution in [0.15, 0.2) is 24.3 Å². The van der Waals surface area contributed by atoms with Crippen molar-refractivity contribution in [3.05, 3.63) is 29.8 Å². The summed E-state index contributed by atoms with van der Waals surface area (Å²) in [5.74, 6) is 0.298. The van der Waals surface area contributed by atoms with E-state index >= 15 is 0 Å². The molecule has 22 heavy (non-hydrogen) atoms. The molecule has 0 unspecified atom stereocenters. The summed E-state index contributed by atoms with van der Waals surface area (Å²) in [5.41, 5.74) is 0.655. The Bertz CT molecular complexity index is 512. The lowest BCUT2D eigenvalue weighted by Gasteiger charge is -2.32. The molecular formula is C17H23NO4. The molecule has 0 saturated carbocycles. The van der Waals surface area contributed by atoms with Crippen LogP contribution in [0.1, 0.15) is 43.0 Å². The molecule has 1 saturated heterocycles. The first-order chi connectivity index (χ1) is 10.6. The fourth-order valence-corrected chi connectivity index (χ4v) is 2.86. The largest absolute Gasteiger partial charge is 0.494 e. The Labute approximate surface area is 130 Å². The molecule has 0 bridgehead atoms. The fourth-order valence-electron chi connectivity index (χ4n) is 2.86. The quantitative estimate of drug-likeness (QED) is 0.877. The van der Waals surface area contributed by atoms with Gasteiger partial charge in [-0.1, -0.05) is 0 Å². The zero-order valence-electron chi connectivity index (χ0n) is 13.0. The van der Waals surface area contributed by atoms with Crippen molar-refractivity contribution in [3.63, 3.8) is 0 Å². The molecular weight excluding hydrogens is 282 g/mol. The van der Waals surface area contributed by atoms with Crippen LogP contribution in [0, 0.1) is 5.92 Å². The predicted octanol–water partition coefficient (Wildman–Crippen LogP) is 2.80. The Kier molecular flexibility index (Phi) is 5.81. The molecule has 0 spiro atoms. The highest BCUT2D eigenvalue weighted by molar-refractivity contribution is 5.94. The van der Waals surface area contributed by atoms with E-state index in [-0.39, 0.29) is 18.2 Å². The van der Waals surface area contributed by atoms with E-state index in [9.17, 15) is 9.59 Å². The number of rotatable bonds is 6. The van der Waals surface area contributed by atoms with Crippen molar-refractivity contribution in [2.45, 2.75) is 32.6 Å². The van der Waals surface area contributed by atoms with Crippen LogP contribution < -0.4 is 4.74 Å². The highest BCUT2D eigenvalue weighted by atomic mass is 16.5. The molecule has 1 atom stereocenters. The van der Waals surface area contributed by atoms with E-state index in [0.717, 1.165) is 25.1 Å². The van der Waals surface area contributed by atoms with Crippen molar-refractivity contribution >= 4 is 11.9 Å². The lowest BCUT2D eigenvalue weighted by atomic mass is 9.93. The number of piperidine rings is 1. The van der Waals surface area contributed by atoms with Gasteiger partial charge in [0.15, 0.2) is 0 Å². The van der Waals surface area contributed by atoms with Gasteiger partial charge in [-0.2, -0.15) is 0 Å². The Balaban J connectivity index is 1.94. The number of ether oxygens (including phenoxy) is 1. The van der Waals surface area contributed by atoms with Crippen molar-refractivity contribution < 1.29 is 19.4 Å². The molecule has 0 radical (unpaired) electrons. The first-order valence-electron chi connectivity index (χ1n) is 7.84. The molecule has 1 amide bonds. The molecule has 1 fully saturated rings. The van der Waals surface area contributed by atoms with Crippen LogP contribution in [0.5, 0.6) is 5.75 Å². The summed E-state index contributed by atoms with van der Waals surface area (Å²) in [6.45, 7) is 3.92. The third kappa shape index (κ3) is 4.48. The van der Waals surface area contributed by atoms with Gasteiger partial charge in [-0.25, -0.2) is 0 Å². The molecule has 1 N–H and O–H groups in total. The van der Waals surface area contributed by atoms with Gasteiger partial charge >= 0.3 is 5.97 Å². The Morgan fingerprint density at radius 3 is 2.68 bits per heavy atom. The van der Waals surface area contributed by atoms with E-state index < -0.39 is 5.97 Å². The Morgan fingerprint density at radius 1 is 1.32 bits per heavy atom. The van der Waals surface area contributed by atoms with Crippen molar-refractivity contribution in [2.24, 2.45) is 5.92 Å². The maximum atomic E-state index is 12.5. The second-order valence-electron chi connectivity index (χ2n) is 5.65. The summed E-state index contributed by atoms with van der Waals surface area (Å²) >= 11 is 0. The van der Waals surface area contributed by atoms with E-state index in [1.807, 2.05) is 24.0 Å². The van der Waals surface area contributed by atoms with Gasteiger partial charge in [0.05, 0.1) is 6.61 Å². The number of nitrogens with zero attached hydrogens (tertiary/aromatic N) is 1. The zero-order chi connectivity index (χ0) is 15.9. The van der Waals surface area contributed by atoms with Gasteiger partial charge < -0.3 is 14.7 Å². The van der Waals surface area contributed by atoms with Crippen LogP contribution in [0.25, 0.3) is 0 Å². The molecule has 5 heteroatoms. The van der Waals surface area contributed by atoms with Crippen LogP contribution in [0.2, 0.25) is 0 Å². The molecule has 2 rings (SSSR count). The molecule has 1 aromatic rings. The van der Waals surface area contributed by atoms with E-state index in [2.05, 4.69) is 0 Å². The van der Waals surface area contributed by atoms with Crippen LogP contribution in [-0.2, 0) is 4.79 Å². The summed E-state index contributed by atoms with van der Waals surface area (Å²) in [4.78, 5) is 25.0. The van der Waals surface area contributed by atoms with Gasteiger partial charge in [0.25, 0.3) is 5.91 Å². The number of hydrogen-bond acceptors (Lipinski definition) is 3. The van der Waals surface area contributed by atoms with E-state index in [0.29, 0.717) is 25.1 Å². The third-order valence-electron chi connectivity index (χ3n) is 3.98. The van der Waals surface area contributed by atoms with Gasteiger partial charge in [-0.05, 0) is 56.4 Å². The molecule has 1 aliphatic rings. The number of carbonyl (C=O) groups excluding carboxylic acids is 1. The molecule has 1 aromatic carbocycles. The normalized spacial score (nSPS) is 18.0. The molecule has 1 heterocycles. The molecule has 120 valence electrons. The fraction of sp³-hybridized carbons (Fsp3) is 0.529. The van der Waals surface area contributed by atoms with E-state index in [1.165, 1.54) is 0 Å². The second kappa shape index (κ2) is 7.82. The average Bonchev–Trinajstić information content (AvgIpc) is 2.53. The van der Waals surface area contributed by atoms with Crippen LogP contribution in [0.4, 0.5) is 0 Å². The standard InChI is InChI=1S/C17H23NO4/c1-2-22-15-8-6-14(7-9-15)17(21)18-11-3-4-13(12-18)5-10-16(19)20/h6-9,13H,2-5,10-12H2,1H3,(H,19,20)/t13-/m1/s1. The van der Waals surface area contributed by atoms with Gasteiger partial charge in [0.1, 0.15) is 5.75 Å². The van der Waals surface area contributed by atoms with Crippen LogP contribution in [-0.4, -0.2) is 41.6 Å². The average molecular weight is 305 g/mol. The first kappa shape index (κ1) is 16.3. The van der Waals surface area contributed by atoms with Gasteiger partial charge in [0, 0.05) is 25.1 Å². The SMILES string of the molecule is CCOc1ccc(C(=O)N2CCC[C@H](CCC(=O)O)C2)cc1. The zero-order valence-corrected chi connectivity index (χ0v) is 13.0. The number of carbonyl (C=O) groups is 2. The van der Waals surface area contributed by atoms with Gasteiger partial charge in [0.2, 0.25) is 0 Å². The number of aliphatic carboxylic acids is 1. The van der Waals surface area contributed by atoms with Crippen molar-refractivity contribution in [2.75, 3.05) is 19.7 Å². The Hall–Kier alpha value is -2.04. The Morgan fingerprint density at radius 2 is 2.05 bits per heavy atom. The lowest BCUT2D eigenvalue weighted by Crippen LogP contribution is -2.40. The third-order valence-corrected chi connectivity index (χ3v) is 3.98. The van der Waals surface area contributed by atoms with Gasteiger partial charge in [-0.3, -0.25) is 9.59 Å². The number of carboxylic acid groups (broad SMARTS) is 1. The van der Waals surface area contributed by atoms with Crippen LogP contribution >= 0.6 is 0 Å². The second-order valence-corrected chi connectivity index (χ2v) is 5.65. The summed E-state index contributed by atoms with van der Waals surface area (Å²) in [7, 11) is 0.